The first-order chi connectivity index (χ1) is 15.2. The number of benzene rings is 1. The Bertz CT molecular complexity index is 1180. The Labute approximate surface area is 182 Å². The topological polar surface area (TPSA) is 109 Å². The zero-order valence-corrected chi connectivity index (χ0v) is 17.0. The summed E-state index contributed by atoms with van der Waals surface area (Å²) in [6.07, 6.45) is -4.43. The Morgan fingerprint density at radius 3 is 2.59 bits per heavy atom. The van der Waals surface area contributed by atoms with E-state index in [1.165, 1.54) is 22.3 Å². The summed E-state index contributed by atoms with van der Waals surface area (Å²) in [5, 5.41) is 11.1. The minimum atomic E-state index is -5.04. The highest BCUT2D eigenvalue weighted by atomic mass is 32.1. The molecule has 1 N–H and O–H groups in total. The summed E-state index contributed by atoms with van der Waals surface area (Å²) in [7, 11) is 0. The number of halogens is 3. The fourth-order valence-corrected chi connectivity index (χ4v) is 4.97. The van der Waals surface area contributed by atoms with Crippen LogP contribution in [0.15, 0.2) is 21.4 Å². The van der Waals surface area contributed by atoms with E-state index in [-0.39, 0.29) is 54.1 Å². The second-order valence-corrected chi connectivity index (χ2v) is 8.25. The fourth-order valence-electron chi connectivity index (χ4n) is 4.42. The molecule has 2 unspecified atom stereocenters. The van der Waals surface area contributed by atoms with Crippen LogP contribution in [0.4, 0.5) is 24.0 Å². The first kappa shape index (κ1) is 20.5. The summed E-state index contributed by atoms with van der Waals surface area (Å²) in [6.45, 7) is 0.579. The largest absolute Gasteiger partial charge is 0.573 e. The normalized spacial score (nSPS) is 20.7. The zero-order valence-electron chi connectivity index (χ0n) is 16.2. The number of nitrogens with zero attached hydrogens (tertiary/aromatic N) is 4. The van der Waals surface area contributed by atoms with Crippen LogP contribution in [-0.4, -0.2) is 63.9 Å². The maximum absolute atomic E-state index is 13.1. The summed E-state index contributed by atoms with van der Waals surface area (Å²) >= 11 is 1.27. The number of thiazole rings is 1. The summed E-state index contributed by atoms with van der Waals surface area (Å²) in [6, 6.07) is 0.729. The second-order valence-electron chi connectivity index (χ2n) is 7.54. The van der Waals surface area contributed by atoms with Gasteiger partial charge in [0.25, 0.3) is 6.01 Å². The number of piperazine rings is 1. The summed E-state index contributed by atoms with van der Waals surface area (Å²) < 4.78 is 49.2. The molecule has 13 heteroatoms. The molecule has 5 rings (SSSR count). The van der Waals surface area contributed by atoms with Crippen molar-refractivity contribution < 1.29 is 37.0 Å². The molecular weight excluding hydrogens is 453 g/mol. The predicted octanol–water partition coefficient (Wildman–Crippen LogP) is 3.99. The molecule has 0 radical (unpaired) electrons. The average Bonchev–Trinajstić information content (AvgIpc) is 3.45. The van der Waals surface area contributed by atoms with E-state index in [0.29, 0.717) is 24.1 Å². The first-order valence-electron chi connectivity index (χ1n) is 9.58. The van der Waals surface area contributed by atoms with Crippen molar-refractivity contribution in [2.45, 2.75) is 31.3 Å². The van der Waals surface area contributed by atoms with Gasteiger partial charge in [-0.25, -0.2) is 9.78 Å². The Balaban J connectivity index is 1.63. The van der Waals surface area contributed by atoms with Crippen LogP contribution in [0, 0.1) is 0 Å². The number of fused-ring (bicyclic) bond motifs is 3. The van der Waals surface area contributed by atoms with E-state index in [1.54, 1.807) is 15.8 Å². The van der Waals surface area contributed by atoms with Crippen molar-refractivity contribution in [1.82, 2.24) is 14.9 Å². The predicted molar refractivity (Wildman–Crippen MR) is 106 cm³/mol. The van der Waals surface area contributed by atoms with Crippen LogP contribution < -0.4 is 9.64 Å². The van der Waals surface area contributed by atoms with E-state index < -0.39 is 18.2 Å². The summed E-state index contributed by atoms with van der Waals surface area (Å²) in [5.74, 6) is -0.747. The third-order valence-electron chi connectivity index (χ3n) is 5.66. The number of aromatic nitrogens is 2. The molecule has 2 atom stereocenters. The van der Waals surface area contributed by atoms with E-state index in [2.05, 4.69) is 14.7 Å². The van der Waals surface area contributed by atoms with Crippen LogP contribution in [0.25, 0.3) is 22.4 Å². The van der Waals surface area contributed by atoms with Gasteiger partial charge in [-0.1, -0.05) is 0 Å². The number of ether oxygens (including phenoxy) is 1. The van der Waals surface area contributed by atoms with E-state index >= 15 is 0 Å². The van der Waals surface area contributed by atoms with Crippen LogP contribution in [0.3, 0.4) is 0 Å². The van der Waals surface area contributed by atoms with Crippen LogP contribution in [0.1, 0.15) is 23.2 Å². The van der Waals surface area contributed by atoms with Gasteiger partial charge in [-0.2, -0.15) is 4.98 Å². The van der Waals surface area contributed by atoms with E-state index in [4.69, 9.17) is 4.42 Å². The smallest absolute Gasteiger partial charge is 0.465 e. The number of carbonyl (C=O) groups is 2. The SMILES string of the molecule is O=Cc1cc(-c2cscn2)c2oc(N3CC4CCC(C3)N4C(=O)O)nc2c1OC(F)(F)F. The molecule has 0 aliphatic carbocycles. The molecule has 2 aliphatic heterocycles. The molecular formula is C19H15F3N4O5S. The van der Waals surface area contributed by atoms with Gasteiger partial charge < -0.3 is 19.2 Å². The number of oxazole rings is 1. The second kappa shape index (κ2) is 7.36. The Hall–Kier alpha value is -3.35. The maximum Gasteiger partial charge on any atom is 0.573 e. The standard InChI is InChI=1S/C19H15F3N4O5S/c20-19(21,22)31-15-9(6-27)3-12(13-7-32-8-23-13)16-14(15)24-17(30-16)25-4-10-1-2-11(5-25)26(10)18(28)29/h3,6-8,10-11H,1-2,4-5H2,(H,28,29). The van der Waals surface area contributed by atoms with Crippen LogP contribution in [0.5, 0.6) is 5.75 Å². The molecule has 2 aromatic heterocycles. The number of hydrogen-bond acceptors (Lipinski definition) is 8. The Morgan fingerprint density at radius 2 is 2.03 bits per heavy atom. The zero-order chi connectivity index (χ0) is 22.6. The number of anilines is 1. The lowest BCUT2D eigenvalue weighted by atomic mass is 10.1. The van der Waals surface area contributed by atoms with Crippen molar-refractivity contribution in [3.63, 3.8) is 0 Å². The molecule has 2 fully saturated rings. The van der Waals surface area contributed by atoms with Gasteiger partial charge in [-0.15, -0.1) is 24.5 Å². The van der Waals surface area contributed by atoms with Crippen molar-refractivity contribution in [3.05, 3.63) is 22.5 Å². The van der Waals surface area contributed by atoms with Crippen LogP contribution in [-0.2, 0) is 0 Å². The van der Waals surface area contributed by atoms with Gasteiger partial charge >= 0.3 is 12.5 Å². The molecule has 4 heterocycles. The number of carboxylic acid groups (broad SMARTS) is 1. The maximum atomic E-state index is 13.1. The highest BCUT2D eigenvalue weighted by molar-refractivity contribution is 7.07. The van der Waals surface area contributed by atoms with Gasteiger partial charge in [0, 0.05) is 24.0 Å². The first-order valence-corrected chi connectivity index (χ1v) is 10.5. The van der Waals surface area contributed by atoms with Gasteiger partial charge in [-0.05, 0) is 18.9 Å². The van der Waals surface area contributed by atoms with Gasteiger partial charge in [0.2, 0.25) is 0 Å². The Morgan fingerprint density at radius 1 is 1.31 bits per heavy atom. The van der Waals surface area contributed by atoms with Crippen molar-refractivity contribution in [2.75, 3.05) is 18.0 Å². The molecule has 1 amide bonds. The quantitative estimate of drug-likeness (QED) is 0.573. The van der Waals surface area contributed by atoms with E-state index in [9.17, 15) is 27.9 Å². The molecule has 1 aromatic carbocycles. The van der Waals surface area contributed by atoms with Gasteiger partial charge in [0.15, 0.2) is 23.1 Å². The molecule has 2 aliphatic rings. The molecule has 32 heavy (non-hydrogen) atoms. The van der Waals surface area contributed by atoms with Crippen molar-refractivity contribution in [3.8, 4) is 17.0 Å². The molecule has 3 aromatic rings. The number of carbonyl (C=O) groups excluding carboxylic acids is 1. The van der Waals surface area contributed by atoms with Crippen molar-refractivity contribution in [1.29, 1.82) is 0 Å². The molecule has 2 bridgehead atoms. The van der Waals surface area contributed by atoms with Crippen LogP contribution in [0.2, 0.25) is 0 Å². The number of hydrogen-bond donors (Lipinski definition) is 1. The lowest BCUT2D eigenvalue weighted by Crippen LogP contribution is -2.55. The van der Waals surface area contributed by atoms with Gasteiger partial charge in [0.05, 0.1) is 28.9 Å². The summed E-state index contributed by atoms with van der Waals surface area (Å²) in [4.78, 5) is 34.7. The number of alkyl halides is 3. The van der Waals surface area contributed by atoms with E-state index in [1.807, 2.05) is 0 Å². The lowest BCUT2D eigenvalue weighted by molar-refractivity contribution is -0.274. The average molecular weight is 468 g/mol. The van der Waals surface area contributed by atoms with Gasteiger partial charge in [-0.3, -0.25) is 9.69 Å². The summed E-state index contributed by atoms with van der Waals surface area (Å²) in [5.41, 5.74) is 1.68. The number of rotatable bonds is 4. The van der Waals surface area contributed by atoms with Gasteiger partial charge in [0.1, 0.15) is 0 Å². The molecule has 168 valence electrons. The molecule has 0 spiro atoms. The molecule has 0 saturated carbocycles. The minimum absolute atomic E-state index is 0.00348. The van der Waals surface area contributed by atoms with E-state index in [0.717, 1.165) is 0 Å². The lowest BCUT2D eigenvalue weighted by Gasteiger charge is -2.38. The number of aldehydes is 1. The number of amides is 1. The highest BCUT2D eigenvalue weighted by Gasteiger charge is 2.44. The third-order valence-corrected chi connectivity index (χ3v) is 6.25. The highest BCUT2D eigenvalue weighted by Crippen LogP contribution is 2.42. The third kappa shape index (κ3) is 3.42. The van der Waals surface area contributed by atoms with Crippen molar-refractivity contribution in [2.24, 2.45) is 0 Å². The van der Waals surface area contributed by atoms with Crippen LogP contribution >= 0.6 is 11.3 Å². The Kier molecular flexibility index (Phi) is 4.73. The fraction of sp³-hybridized carbons (Fsp3) is 0.368. The van der Waals surface area contributed by atoms with Crippen molar-refractivity contribution >= 4 is 40.8 Å². The molecule has 9 nitrogen and oxygen atoms in total. The minimum Gasteiger partial charge on any atom is -0.465 e. The molecule has 2 saturated heterocycles. The monoisotopic (exact) mass is 468 g/mol.